The Hall–Kier alpha value is -1.62. The SMILES string of the molecule is CCCCCCOc1ccc([N+](=O)[O-])cc1CN. The standard InChI is InChI=1S/C13H20N2O3/c1-2-3-4-5-8-18-13-7-6-12(15(16)17)9-11(13)10-14/h6-7,9H,2-5,8,10,14H2,1H3. The minimum Gasteiger partial charge on any atom is -0.493 e. The Kier molecular flexibility index (Phi) is 6.14. The third kappa shape index (κ3) is 4.33. The lowest BCUT2D eigenvalue weighted by atomic mass is 10.1. The molecule has 0 spiro atoms. The van der Waals surface area contributed by atoms with Gasteiger partial charge in [-0.05, 0) is 12.5 Å². The first-order valence-corrected chi connectivity index (χ1v) is 6.29. The number of ether oxygens (including phenoxy) is 1. The molecule has 1 aromatic rings. The summed E-state index contributed by atoms with van der Waals surface area (Å²) in [7, 11) is 0. The molecule has 0 saturated carbocycles. The summed E-state index contributed by atoms with van der Waals surface area (Å²) in [6, 6.07) is 4.54. The number of non-ortho nitro benzene ring substituents is 1. The zero-order valence-electron chi connectivity index (χ0n) is 10.7. The number of nitro benzene ring substituents is 1. The van der Waals surface area contributed by atoms with Crippen molar-refractivity contribution >= 4 is 5.69 Å². The van der Waals surface area contributed by atoms with Crippen molar-refractivity contribution in [3.8, 4) is 5.75 Å². The molecule has 0 aliphatic rings. The lowest BCUT2D eigenvalue weighted by molar-refractivity contribution is -0.384. The van der Waals surface area contributed by atoms with E-state index >= 15 is 0 Å². The quantitative estimate of drug-likeness (QED) is 0.438. The molecule has 0 amide bonds. The summed E-state index contributed by atoms with van der Waals surface area (Å²) in [6.07, 6.45) is 4.52. The van der Waals surface area contributed by atoms with Gasteiger partial charge in [0.25, 0.3) is 5.69 Å². The average molecular weight is 252 g/mol. The van der Waals surface area contributed by atoms with Crippen molar-refractivity contribution < 1.29 is 9.66 Å². The highest BCUT2D eigenvalue weighted by atomic mass is 16.6. The molecule has 5 nitrogen and oxygen atoms in total. The number of hydrogen-bond acceptors (Lipinski definition) is 4. The van der Waals surface area contributed by atoms with Crippen LogP contribution in [-0.4, -0.2) is 11.5 Å². The van der Waals surface area contributed by atoms with Crippen molar-refractivity contribution in [2.45, 2.75) is 39.2 Å². The van der Waals surface area contributed by atoms with Crippen LogP contribution in [0.2, 0.25) is 0 Å². The highest BCUT2D eigenvalue weighted by Gasteiger charge is 2.10. The second kappa shape index (κ2) is 7.66. The molecule has 0 atom stereocenters. The number of hydrogen-bond donors (Lipinski definition) is 1. The van der Waals surface area contributed by atoms with E-state index in [1.165, 1.54) is 25.0 Å². The predicted octanol–water partition coefficient (Wildman–Crippen LogP) is 3.01. The van der Waals surface area contributed by atoms with E-state index in [1.54, 1.807) is 6.07 Å². The zero-order valence-corrected chi connectivity index (χ0v) is 10.7. The van der Waals surface area contributed by atoms with Crippen LogP contribution in [0.4, 0.5) is 5.69 Å². The summed E-state index contributed by atoms with van der Waals surface area (Å²) in [5.74, 6) is 0.652. The first-order valence-electron chi connectivity index (χ1n) is 6.29. The fourth-order valence-corrected chi connectivity index (χ4v) is 1.69. The van der Waals surface area contributed by atoms with Crippen molar-refractivity contribution in [1.29, 1.82) is 0 Å². The zero-order chi connectivity index (χ0) is 13.4. The smallest absolute Gasteiger partial charge is 0.270 e. The molecule has 0 fully saturated rings. The van der Waals surface area contributed by atoms with Gasteiger partial charge in [0, 0.05) is 24.2 Å². The lowest BCUT2D eigenvalue weighted by Gasteiger charge is -2.10. The normalized spacial score (nSPS) is 10.3. The first kappa shape index (κ1) is 14.4. The van der Waals surface area contributed by atoms with Gasteiger partial charge in [-0.25, -0.2) is 0 Å². The molecule has 18 heavy (non-hydrogen) atoms. The van der Waals surface area contributed by atoms with Gasteiger partial charge < -0.3 is 10.5 Å². The van der Waals surface area contributed by atoms with E-state index < -0.39 is 4.92 Å². The van der Waals surface area contributed by atoms with Crippen LogP contribution in [0.3, 0.4) is 0 Å². The Morgan fingerprint density at radius 1 is 1.33 bits per heavy atom. The fourth-order valence-electron chi connectivity index (χ4n) is 1.69. The van der Waals surface area contributed by atoms with Gasteiger partial charge >= 0.3 is 0 Å². The predicted molar refractivity (Wildman–Crippen MR) is 70.6 cm³/mol. The van der Waals surface area contributed by atoms with Crippen LogP contribution in [-0.2, 0) is 6.54 Å². The van der Waals surface area contributed by atoms with Gasteiger partial charge in [0.05, 0.1) is 11.5 Å². The summed E-state index contributed by atoms with van der Waals surface area (Å²) in [5.41, 5.74) is 6.30. The van der Waals surface area contributed by atoms with Crippen molar-refractivity contribution in [2.75, 3.05) is 6.61 Å². The molecule has 5 heteroatoms. The summed E-state index contributed by atoms with van der Waals surface area (Å²) in [4.78, 5) is 10.2. The first-order chi connectivity index (χ1) is 8.69. The largest absolute Gasteiger partial charge is 0.493 e. The number of nitrogens with zero attached hydrogens (tertiary/aromatic N) is 1. The maximum atomic E-state index is 10.6. The van der Waals surface area contributed by atoms with Crippen molar-refractivity contribution in [1.82, 2.24) is 0 Å². The van der Waals surface area contributed by atoms with Crippen LogP contribution in [0.25, 0.3) is 0 Å². The maximum Gasteiger partial charge on any atom is 0.270 e. The van der Waals surface area contributed by atoms with E-state index in [4.69, 9.17) is 10.5 Å². The molecule has 2 N–H and O–H groups in total. The Labute approximate surface area is 107 Å². The monoisotopic (exact) mass is 252 g/mol. The molecule has 100 valence electrons. The molecular formula is C13H20N2O3. The molecule has 0 unspecified atom stereocenters. The van der Waals surface area contributed by atoms with Crippen molar-refractivity contribution in [3.05, 3.63) is 33.9 Å². The molecule has 1 rings (SSSR count). The molecule has 0 aliphatic heterocycles. The van der Waals surface area contributed by atoms with E-state index in [-0.39, 0.29) is 12.2 Å². The molecule has 0 saturated heterocycles. The number of nitrogens with two attached hydrogens (primary N) is 1. The minimum atomic E-state index is -0.426. The van der Waals surface area contributed by atoms with E-state index in [0.29, 0.717) is 17.9 Å². The van der Waals surface area contributed by atoms with Gasteiger partial charge in [-0.2, -0.15) is 0 Å². The molecule has 0 aromatic heterocycles. The Morgan fingerprint density at radius 2 is 2.11 bits per heavy atom. The van der Waals surface area contributed by atoms with Gasteiger partial charge in [-0.15, -0.1) is 0 Å². The van der Waals surface area contributed by atoms with E-state index in [0.717, 1.165) is 12.8 Å². The highest BCUT2D eigenvalue weighted by molar-refractivity contribution is 5.43. The van der Waals surface area contributed by atoms with E-state index in [2.05, 4.69) is 6.92 Å². The summed E-state index contributed by atoms with van der Waals surface area (Å²) >= 11 is 0. The summed E-state index contributed by atoms with van der Waals surface area (Å²) in [5, 5.41) is 10.6. The second-order valence-corrected chi connectivity index (χ2v) is 4.16. The number of unbranched alkanes of at least 4 members (excludes halogenated alkanes) is 3. The number of benzene rings is 1. The number of nitro groups is 1. The molecular weight excluding hydrogens is 232 g/mol. The lowest BCUT2D eigenvalue weighted by Crippen LogP contribution is -2.04. The van der Waals surface area contributed by atoms with Crippen molar-refractivity contribution in [3.63, 3.8) is 0 Å². The van der Waals surface area contributed by atoms with Gasteiger partial charge in [0.1, 0.15) is 5.75 Å². The van der Waals surface area contributed by atoms with Crippen molar-refractivity contribution in [2.24, 2.45) is 5.73 Å². The molecule has 0 radical (unpaired) electrons. The number of rotatable bonds is 8. The average Bonchev–Trinajstić information content (AvgIpc) is 2.38. The van der Waals surface area contributed by atoms with Gasteiger partial charge in [-0.3, -0.25) is 10.1 Å². The van der Waals surface area contributed by atoms with E-state index in [1.807, 2.05) is 0 Å². The summed E-state index contributed by atoms with van der Waals surface area (Å²) < 4.78 is 5.61. The Bertz CT molecular complexity index is 394. The van der Waals surface area contributed by atoms with Crippen LogP contribution in [0, 0.1) is 10.1 Å². The van der Waals surface area contributed by atoms with Crippen LogP contribution >= 0.6 is 0 Å². The van der Waals surface area contributed by atoms with Crippen LogP contribution in [0.1, 0.15) is 38.2 Å². The van der Waals surface area contributed by atoms with Gasteiger partial charge in [-0.1, -0.05) is 26.2 Å². The van der Waals surface area contributed by atoms with E-state index in [9.17, 15) is 10.1 Å². The fraction of sp³-hybridized carbons (Fsp3) is 0.538. The maximum absolute atomic E-state index is 10.6. The third-order valence-electron chi connectivity index (χ3n) is 2.73. The highest BCUT2D eigenvalue weighted by Crippen LogP contribution is 2.24. The van der Waals surface area contributed by atoms with Crippen LogP contribution in [0.5, 0.6) is 5.75 Å². The van der Waals surface area contributed by atoms with Crippen LogP contribution < -0.4 is 10.5 Å². The van der Waals surface area contributed by atoms with Gasteiger partial charge in [0.15, 0.2) is 0 Å². The second-order valence-electron chi connectivity index (χ2n) is 4.16. The molecule has 0 bridgehead atoms. The molecule has 0 aliphatic carbocycles. The Morgan fingerprint density at radius 3 is 2.72 bits per heavy atom. The third-order valence-corrected chi connectivity index (χ3v) is 2.73. The van der Waals surface area contributed by atoms with Gasteiger partial charge in [0.2, 0.25) is 0 Å². The molecule has 0 heterocycles. The Balaban J connectivity index is 2.57. The topological polar surface area (TPSA) is 78.4 Å². The molecule has 1 aromatic carbocycles. The summed E-state index contributed by atoms with van der Waals surface area (Å²) in [6.45, 7) is 3.03. The van der Waals surface area contributed by atoms with Crippen LogP contribution in [0.15, 0.2) is 18.2 Å². The minimum absolute atomic E-state index is 0.0498.